The van der Waals surface area contributed by atoms with E-state index in [1.807, 2.05) is 0 Å². The minimum atomic E-state index is -1.46. The van der Waals surface area contributed by atoms with E-state index in [-0.39, 0.29) is 28.1 Å². The molecular weight excluding hydrogens is 456 g/mol. The normalized spacial score (nSPS) is 58.0. The van der Waals surface area contributed by atoms with Crippen molar-refractivity contribution in [1.82, 2.24) is 0 Å². The fourth-order valence-electron chi connectivity index (χ4n) is 9.60. The molecular formula is C26H44O9. The third-order valence-corrected chi connectivity index (χ3v) is 11.3. The summed E-state index contributed by atoms with van der Waals surface area (Å²) in [6, 6.07) is 0. The molecule has 1 aliphatic heterocycles. The minimum absolute atomic E-state index is 0.0589. The monoisotopic (exact) mass is 500 g/mol. The third kappa shape index (κ3) is 3.61. The van der Waals surface area contributed by atoms with E-state index in [2.05, 4.69) is 13.8 Å². The van der Waals surface area contributed by atoms with E-state index in [1.165, 1.54) is 0 Å². The van der Waals surface area contributed by atoms with Crippen molar-refractivity contribution in [2.24, 2.45) is 34.0 Å². The number of aliphatic hydroxyl groups excluding tert-OH is 6. The molecule has 9 nitrogen and oxygen atoms in total. The molecule has 0 aromatic carbocycles. The van der Waals surface area contributed by atoms with Crippen LogP contribution in [0.3, 0.4) is 0 Å². The summed E-state index contributed by atoms with van der Waals surface area (Å²) in [6.07, 6.45) is -0.201. The maximum absolute atomic E-state index is 11.4. The average Bonchev–Trinajstić information content (AvgIpc) is 2.99. The molecule has 0 unspecified atom stereocenters. The lowest BCUT2D eigenvalue weighted by Gasteiger charge is -2.64. The molecule has 1 saturated heterocycles. The zero-order valence-corrected chi connectivity index (χ0v) is 20.9. The minimum Gasteiger partial charge on any atom is -0.394 e. The highest BCUT2D eigenvalue weighted by Crippen LogP contribution is 2.72. The zero-order valence-electron chi connectivity index (χ0n) is 20.9. The van der Waals surface area contributed by atoms with E-state index < -0.39 is 55.6 Å². The summed E-state index contributed by atoms with van der Waals surface area (Å²) < 4.78 is 11.7. The highest BCUT2D eigenvalue weighted by atomic mass is 16.7. The predicted octanol–water partition coefficient (Wildman–Crippen LogP) is -0.0900. The summed E-state index contributed by atoms with van der Waals surface area (Å²) in [5.74, 6) is 0.478. The molecule has 5 aliphatic rings. The Balaban J connectivity index is 1.36. The Kier molecular flexibility index (Phi) is 6.64. The molecule has 0 aromatic rings. The van der Waals surface area contributed by atoms with Gasteiger partial charge in [0.1, 0.15) is 30.0 Å². The third-order valence-electron chi connectivity index (χ3n) is 11.3. The highest BCUT2D eigenvalue weighted by Gasteiger charge is 2.71. The number of hydrogen-bond donors (Lipinski definition) is 7. The van der Waals surface area contributed by atoms with E-state index >= 15 is 0 Å². The standard InChI is InChI=1S/C26H44O9/c1-23(13-34-21-20(31)19(30)18(29)15(11-27)35-21)7-3-8-24(2)16(23)6-9-25-10-14(4-5-17(24)25)26(33,12-28)22(25)32/h14-22,27-33H,3-13H2,1-2H3/t14-,15+,16-,17+,18-,19-,20+,21+,22-,23+,24-,25-,26+/m0/s1. The molecule has 0 aromatic heterocycles. The molecule has 4 saturated carbocycles. The summed E-state index contributed by atoms with van der Waals surface area (Å²) in [5.41, 5.74) is -2.07. The molecule has 0 amide bonds. The van der Waals surface area contributed by atoms with Crippen LogP contribution < -0.4 is 0 Å². The predicted molar refractivity (Wildman–Crippen MR) is 124 cm³/mol. The van der Waals surface area contributed by atoms with Crippen LogP contribution in [0.1, 0.15) is 65.2 Å². The van der Waals surface area contributed by atoms with Crippen molar-refractivity contribution < 1.29 is 45.2 Å². The van der Waals surface area contributed by atoms with E-state index in [9.17, 15) is 35.7 Å². The van der Waals surface area contributed by atoms with Crippen LogP contribution in [0.25, 0.3) is 0 Å². The van der Waals surface area contributed by atoms with Gasteiger partial charge in [0.25, 0.3) is 0 Å². The molecule has 202 valence electrons. The molecule has 9 heteroatoms. The molecule has 4 aliphatic carbocycles. The van der Waals surface area contributed by atoms with Gasteiger partial charge >= 0.3 is 0 Å². The van der Waals surface area contributed by atoms with E-state index in [0.717, 1.165) is 51.4 Å². The zero-order chi connectivity index (χ0) is 25.4. The molecule has 1 spiro atoms. The van der Waals surface area contributed by atoms with Gasteiger partial charge in [0.2, 0.25) is 0 Å². The lowest BCUT2D eigenvalue weighted by atomic mass is 9.40. The van der Waals surface area contributed by atoms with Gasteiger partial charge in [-0.1, -0.05) is 20.3 Å². The fourth-order valence-corrected chi connectivity index (χ4v) is 9.60. The van der Waals surface area contributed by atoms with Crippen molar-refractivity contribution in [3.63, 3.8) is 0 Å². The first-order valence-corrected chi connectivity index (χ1v) is 13.4. The topological polar surface area (TPSA) is 160 Å². The van der Waals surface area contributed by atoms with Crippen molar-refractivity contribution >= 4 is 0 Å². The molecule has 13 atom stereocenters. The largest absolute Gasteiger partial charge is 0.394 e. The van der Waals surface area contributed by atoms with Crippen LogP contribution in [0.15, 0.2) is 0 Å². The number of hydrogen-bond acceptors (Lipinski definition) is 9. The maximum atomic E-state index is 11.4. The first-order chi connectivity index (χ1) is 16.5. The Morgan fingerprint density at radius 3 is 2.31 bits per heavy atom. The maximum Gasteiger partial charge on any atom is 0.186 e. The van der Waals surface area contributed by atoms with Gasteiger partial charge in [-0.25, -0.2) is 0 Å². The molecule has 5 rings (SSSR count). The molecule has 35 heavy (non-hydrogen) atoms. The Bertz CT molecular complexity index is 795. The summed E-state index contributed by atoms with van der Waals surface area (Å²) in [7, 11) is 0. The summed E-state index contributed by atoms with van der Waals surface area (Å²) in [5, 5.41) is 72.7. The van der Waals surface area contributed by atoms with Gasteiger partial charge in [0.05, 0.1) is 25.9 Å². The number of ether oxygens (including phenoxy) is 2. The Labute approximate surface area is 207 Å². The molecule has 7 N–H and O–H groups in total. The smallest absolute Gasteiger partial charge is 0.186 e. The van der Waals surface area contributed by atoms with Gasteiger partial charge in [-0.15, -0.1) is 0 Å². The van der Waals surface area contributed by atoms with Crippen molar-refractivity contribution in [3.05, 3.63) is 0 Å². The Morgan fingerprint density at radius 2 is 1.63 bits per heavy atom. The van der Waals surface area contributed by atoms with E-state index in [1.54, 1.807) is 0 Å². The molecule has 2 bridgehead atoms. The van der Waals surface area contributed by atoms with Gasteiger partial charge < -0.3 is 45.2 Å². The SMILES string of the molecule is C[C@]1(CO[C@@H]2O[C@H](CO)[C@H](O)[C@H](O)[C@H]2O)CCC[C@]2(C)[C@H]3CC[C@H]4C[C@]3(CC[C@@H]12)[C@H](O)[C@@]4(O)CO. The first-order valence-electron chi connectivity index (χ1n) is 13.4. The Hall–Kier alpha value is -0.360. The lowest BCUT2D eigenvalue weighted by molar-refractivity contribution is -0.311. The number of rotatable bonds is 5. The van der Waals surface area contributed by atoms with Crippen LogP contribution in [0.5, 0.6) is 0 Å². The Morgan fingerprint density at radius 1 is 0.886 bits per heavy atom. The average molecular weight is 501 g/mol. The van der Waals surface area contributed by atoms with Crippen molar-refractivity contribution in [2.45, 2.75) is 108 Å². The second-order valence-corrected chi connectivity index (χ2v) is 12.9. The van der Waals surface area contributed by atoms with E-state index in [4.69, 9.17) is 9.47 Å². The van der Waals surface area contributed by atoms with Crippen LogP contribution in [0.2, 0.25) is 0 Å². The molecule has 1 heterocycles. The number of fused-ring (bicyclic) bond motifs is 3. The second-order valence-electron chi connectivity index (χ2n) is 12.9. The summed E-state index contributed by atoms with van der Waals surface area (Å²) in [4.78, 5) is 0. The van der Waals surface area contributed by atoms with Gasteiger partial charge in [0, 0.05) is 5.41 Å². The van der Waals surface area contributed by atoms with Crippen molar-refractivity contribution in [2.75, 3.05) is 19.8 Å². The van der Waals surface area contributed by atoms with Crippen LogP contribution in [-0.2, 0) is 9.47 Å². The number of aliphatic hydroxyl groups is 7. The van der Waals surface area contributed by atoms with Gasteiger partial charge in [-0.2, -0.15) is 0 Å². The van der Waals surface area contributed by atoms with Gasteiger partial charge in [-0.05, 0) is 73.5 Å². The summed E-state index contributed by atoms with van der Waals surface area (Å²) in [6.45, 7) is 3.95. The second kappa shape index (κ2) is 8.85. The van der Waals surface area contributed by atoms with Crippen molar-refractivity contribution in [1.29, 1.82) is 0 Å². The van der Waals surface area contributed by atoms with Crippen LogP contribution in [0, 0.1) is 34.0 Å². The lowest BCUT2D eigenvalue weighted by Crippen LogP contribution is -2.62. The van der Waals surface area contributed by atoms with Gasteiger partial charge in [-0.3, -0.25) is 0 Å². The fraction of sp³-hybridized carbons (Fsp3) is 1.00. The molecule has 0 radical (unpaired) electrons. The van der Waals surface area contributed by atoms with Crippen LogP contribution >= 0.6 is 0 Å². The van der Waals surface area contributed by atoms with Crippen LogP contribution in [0.4, 0.5) is 0 Å². The highest BCUT2D eigenvalue weighted by molar-refractivity contribution is 5.21. The quantitative estimate of drug-likeness (QED) is 0.274. The molecule has 5 fully saturated rings. The van der Waals surface area contributed by atoms with Crippen molar-refractivity contribution in [3.8, 4) is 0 Å². The van der Waals surface area contributed by atoms with Crippen LogP contribution in [-0.4, -0.2) is 98.0 Å². The van der Waals surface area contributed by atoms with Gasteiger partial charge in [0.15, 0.2) is 6.29 Å². The first kappa shape index (κ1) is 26.3. The van der Waals surface area contributed by atoms with E-state index in [0.29, 0.717) is 12.5 Å². The summed E-state index contributed by atoms with van der Waals surface area (Å²) >= 11 is 0.